The molecule has 1 amide bonds. The van der Waals surface area contributed by atoms with Gasteiger partial charge in [-0.15, -0.1) is 0 Å². The third-order valence-electron chi connectivity index (χ3n) is 7.91. The Labute approximate surface area is 258 Å². The Kier molecular flexibility index (Phi) is 10.8. The zero-order chi connectivity index (χ0) is 32.8. The van der Waals surface area contributed by atoms with Crippen LogP contribution in [0, 0.1) is 11.3 Å². The number of rotatable bonds is 11. The molecule has 1 aliphatic rings. The van der Waals surface area contributed by atoms with Gasteiger partial charge in [-0.05, 0) is 72.5 Å². The van der Waals surface area contributed by atoms with Gasteiger partial charge in [0.15, 0.2) is 9.84 Å². The Bertz CT molecular complexity index is 1590. The SMILES string of the molecule is CCS(=O)(=O)c1ccc([C@H](CC#N)NC(=O)c2ccc(N3C[C@@H](c4ccc(C(F)(F)F)cc4)CC[C@H]3COC(F)F)cc2)cc1. The first kappa shape index (κ1) is 33.9. The summed E-state index contributed by atoms with van der Waals surface area (Å²) < 4.78 is 93.8. The summed E-state index contributed by atoms with van der Waals surface area (Å²) in [6.07, 6.45) is -3.51. The topological polar surface area (TPSA) is 99.5 Å². The lowest BCUT2D eigenvalue weighted by atomic mass is 9.86. The van der Waals surface area contributed by atoms with Crippen molar-refractivity contribution in [3.8, 4) is 6.07 Å². The van der Waals surface area contributed by atoms with Crippen LogP contribution in [0.2, 0.25) is 0 Å². The Hall–Kier alpha value is -4.02. The molecule has 0 saturated carbocycles. The maximum absolute atomic E-state index is 13.1. The first-order valence-electron chi connectivity index (χ1n) is 14.3. The van der Waals surface area contributed by atoms with E-state index in [-0.39, 0.29) is 35.2 Å². The zero-order valence-corrected chi connectivity index (χ0v) is 25.1. The summed E-state index contributed by atoms with van der Waals surface area (Å²) in [6.45, 7) is -1.34. The van der Waals surface area contributed by atoms with Gasteiger partial charge in [-0.25, -0.2) is 8.42 Å². The van der Waals surface area contributed by atoms with Gasteiger partial charge in [-0.1, -0.05) is 31.2 Å². The van der Waals surface area contributed by atoms with Crippen LogP contribution in [0.4, 0.5) is 27.6 Å². The van der Waals surface area contributed by atoms with Crippen molar-refractivity contribution < 1.29 is 39.9 Å². The number of nitriles is 1. The highest BCUT2D eigenvalue weighted by atomic mass is 32.2. The first-order chi connectivity index (χ1) is 21.3. The number of carbonyl (C=O) groups is 1. The summed E-state index contributed by atoms with van der Waals surface area (Å²) in [4.78, 5) is 15.1. The molecule has 45 heavy (non-hydrogen) atoms. The standard InChI is InChI=1S/C32H32F5N3O4S/c1-2-45(42,43)28-15-8-22(9-16-28)29(17-18-38)39-30(41)23-5-12-26(13-6-23)40-19-24(7-14-27(40)20-44-31(33)34)21-3-10-25(11-4-21)32(35,36)37/h3-6,8-13,15-16,24,27,29,31H,2,7,14,17,19-20H2,1H3,(H,39,41)/t24-,27-,29-/m0/s1. The molecule has 0 bridgehead atoms. The van der Waals surface area contributed by atoms with E-state index in [4.69, 9.17) is 0 Å². The number of hydrogen-bond acceptors (Lipinski definition) is 6. The van der Waals surface area contributed by atoms with Gasteiger partial charge in [0.05, 0.1) is 47.4 Å². The van der Waals surface area contributed by atoms with Crippen LogP contribution >= 0.6 is 0 Å². The van der Waals surface area contributed by atoms with E-state index in [9.17, 15) is 40.4 Å². The monoisotopic (exact) mass is 649 g/mol. The third kappa shape index (κ3) is 8.58. The maximum Gasteiger partial charge on any atom is 0.416 e. The zero-order valence-electron chi connectivity index (χ0n) is 24.3. The molecule has 0 spiro atoms. The van der Waals surface area contributed by atoms with Crippen molar-refractivity contribution in [2.24, 2.45) is 0 Å². The van der Waals surface area contributed by atoms with Crippen LogP contribution < -0.4 is 10.2 Å². The molecule has 1 fully saturated rings. The van der Waals surface area contributed by atoms with Crippen LogP contribution in [0.25, 0.3) is 0 Å². The van der Waals surface area contributed by atoms with Gasteiger partial charge in [-0.2, -0.15) is 27.2 Å². The molecule has 0 aromatic heterocycles. The number of piperidine rings is 1. The van der Waals surface area contributed by atoms with Crippen LogP contribution in [0.3, 0.4) is 0 Å². The molecular weight excluding hydrogens is 617 g/mol. The van der Waals surface area contributed by atoms with Crippen molar-refractivity contribution in [2.45, 2.75) is 61.9 Å². The van der Waals surface area contributed by atoms with E-state index in [1.54, 1.807) is 36.4 Å². The molecule has 0 unspecified atom stereocenters. The lowest BCUT2D eigenvalue weighted by Crippen LogP contribution is -2.45. The lowest BCUT2D eigenvalue weighted by molar-refractivity contribution is -0.137. The van der Waals surface area contributed by atoms with Gasteiger partial charge < -0.3 is 15.0 Å². The van der Waals surface area contributed by atoms with E-state index in [0.717, 1.165) is 12.1 Å². The third-order valence-corrected chi connectivity index (χ3v) is 9.66. The molecule has 1 N–H and O–H groups in total. The number of anilines is 1. The minimum atomic E-state index is -4.46. The molecule has 7 nitrogen and oxygen atoms in total. The fraction of sp³-hybridized carbons (Fsp3) is 0.375. The highest BCUT2D eigenvalue weighted by Gasteiger charge is 2.33. The fourth-order valence-electron chi connectivity index (χ4n) is 5.38. The molecule has 1 aliphatic heterocycles. The number of alkyl halides is 5. The summed E-state index contributed by atoms with van der Waals surface area (Å²) in [6, 6.07) is 18.2. The van der Waals surface area contributed by atoms with E-state index in [1.807, 2.05) is 11.0 Å². The summed E-state index contributed by atoms with van der Waals surface area (Å²) in [5, 5.41) is 12.1. The number of benzene rings is 3. The van der Waals surface area contributed by atoms with Gasteiger partial charge in [0.25, 0.3) is 5.91 Å². The summed E-state index contributed by atoms with van der Waals surface area (Å²) >= 11 is 0. The molecule has 4 rings (SSSR count). The second-order valence-electron chi connectivity index (χ2n) is 10.7. The second-order valence-corrected chi connectivity index (χ2v) is 13.0. The summed E-state index contributed by atoms with van der Waals surface area (Å²) in [5.41, 5.74) is 1.38. The average molecular weight is 650 g/mol. The van der Waals surface area contributed by atoms with Crippen LogP contribution in [-0.4, -0.2) is 45.9 Å². The van der Waals surface area contributed by atoms with E-state index in [0.29, 0.717) is 36.2 Å². The number of nitrogens with zero attached hydrogens (tertiary/aromatic N) is 2. The normalized spacial score (nSPS) is 18.0. The number of hydrogen-bond donors (Lipinski definition) is 1. The second kappa shape index (κ2) is 14.4. The predicted molar refractivity (Wildman–Crippen MR) is 158 cm³/mol. The first-order valence-corrected chi connectivity index (χ1v) is 15.9. The Morgan fingerprint density at radius 2 is 1.67 bits per heavy atom. The van der Waals surface area contributed by atoms with Crippen LogP contribution in [0.5, 0.6) is 0 Å². The van der Waals surface area contributed by atoms with Gasteiger partial charge in [-0.3, -0.25) is 4.79 Å². The van der Waals surface area contributed by atoms with Crippen LogP contribution in [0.15, 0.2) is 77.7 Å². The molecule has 1 saturated heterocycles. The maximum atomic E-state index is 13.1. The van der Waals surface area contributed by atoms with E-state index in [2.05, 4.69) is 10.1 Å². The van der Waals surface area contributed by atoms with Crippen molar-refractivity contribution in [3.63, 3.8) is 0 Å². The van der Waals surface area contributed by atoms with Gasteiger partial charge in [0.2, 0.25) is 0 Å². The van der Waals surface area contributed by atoms with Crippen molar-refractivity contribution in [1.29, 1.82) is 5.26 Å². The van der Waals surface area contributed by atoms with Crippen molar-refractivity contribution in [1.82, 2.24) is 5.32 Å². The Morgan fingerprint density at radius 1 is 1.02 bits per heavy atom. The molecule has 0 radical (unpaired) electrons. The highest BCUT2D eigenvalue weighted by Crippen LogP contribution is 2.36. The minimum absolute atomic E-state index is 0.0609. The van der Waals surface area contributed by atoms with E-state index < -0.39 is 46.2 Å². The molecule has 3 aromatic carbocycles. The minimum Gasteiger partial charge on any atom is -0.366 e. The summed E-state index contributed by atoms with van der Waals surface area (Å²) in [7, 11) is -3.41. The van der Waals surface area contributed by atoms with E-state index >= 15 is 0 Å². The smallest absolute Gasteiger partial charge is 0.366 e. The number of carbonyl (C=O) groups excluding carboxylic acids is 1. The van der Waals surface area contributed by atoms with Crippen molar-refractivity contribution >= 4 is 21.4 Å². The average Bonchev–Trinajstić information content (AvgIpc) is 3.03. The van der Waals surface area contributed by atoms with Gasteiger partial charge in [0, 0.05) is 23.7 Å². The summed E-state index contributed by atoms with van der Waals surface area (Å²) in [5.74, 6) is -0.706. The van der Waals surface area contributed by atoms with Gasteiger partial charge >= 0.3 is 12.8 Å². The molecule has 240 valence electrons. The van der Waals surface area contributed by atoms with Gasteiger partial charge in [0.1, 0.15) is 0 Å². The number of amides is 1. The molecule has 1 heterocycles. The quantitative estimate of drug-likeness (QED) is 0.228. The number of halogens is 5. The van der Waals surface area contributed by atoms with Crippen LogP contribution in [-0.2, 0) is 20.8 Å². The highest BCUT2D eigenvalue weighted by molar-refractivity contribution is 7.91. The number of sulfone groups is 1. The molecule has 3 atom stereocenters. The largest absolute Gasteiger partial charge is 0.416 e. The Balaban J connectivity index is 1.51. The number of nitrogens with one attached hydrogen (secondary N) is 1. The van der Waals surface area contributed by atoms with Crippen molar-refractivity contribution in [2.75, 3.05) is 23.8 Å². The molecule has 3 aromatic rings. The molecule has 0 aliphatic carbocycles. The van der Waals surface area contributed by atoms with E-state index in [1.165, 1.54) is 31.2 Å². The molecular formula is C32H32F5N3O4S. The number of ether oxygens (including phenoxy) is 1. The predicted octanol–water partition coefficient (Wildman–Crippen LogP) is 6.88. The fourth-order valence-corrected chi connectivity index (χ4v) is 6.26. The lowest BCUT2D eigenvalue weighted by Gasteiger charge is -2.41. The molecule has 13 heteroatoms. The van der Waals surface area contributed by atoms with Crippen molar-refractivity contribution in [3.05, 3.63) is 95.1 Å². The van der Waals surface area contributed by atoms with Crippen LogP contribution in [0.1, 0.15) is 65.2 Å². The Morgan fingerprint density at radius 3 is 2.22 bits per heavy atom.